The van der Waals surface area contributed by atoms with E-state index < -0.39 is 0 Å². The minimum atomic E-state index is 0.0118. The summed E-state index contributed by atoms with van der Waals surface area (Å²) in [5.41, 5.74) is 4.68. The van der Waals surface area contributed by atoms with E-state index >= 15 is 0 Å². The molecule has 1 saturated heterocycles. The molecule has 5 rings (SSSR count). The van der Waals surface area contributed by atoms with E-state index in [0.29, 0.717) is 6.04 Å². The van der Waals surface area contributed by atoms with Crippen LogP contribution in [-0.2, 0) is 0 Å². The van der Waals surface area contributed by atoms with Crippen LogP contribution in [0, 0.1) is 0 Å². The van der Waals surface area contributed by atoms with Crippen LogP contribution in [0.15, 0.2) is 72.0 Å². The largest absolute Gasteiger partial charge is 0.378 e. The molecule has 1 aromatic carbocycles. The Labute approximate surface area is 182 Å². The molecule has 0 saturated carbocycles. The van der Waals surface area contributed by atoms with Crippen LogP contribution in [-0.4, -0.2) is 45.5 Å². The smallest absolute Gasteiger partial charge is 0.160 e. The van der Waals surface area contributed by atoms with Crippen LogP contribution in [0.2, 0.25) is 0 Å². The fourth-order valence-electron chi connectivity index (χ4n) is 4.45. The highest BCUT2D eigenvalue weighted by Gasteiger charge is 2.46. The monoisotopic (exact) mass is 417 g/mol. The van der Waals surface area contributed by atoms with Gasteiger partial charge in [-0.15, -0.1) is 0 Å². The molecule has 30 heavy (non-hydrogen) atoms. The first-order chi connectivity index (χ1) is 14.7. The Morgan fingerprint density at radius 2 is 1.90 bits per heavy atom. The highest BCUT2D eigenvalue weighted by atomic mass is 32.2. The predicted molar refractivity (Wildman–Crippen MR) is 126 cm³/mol. The quantitative estimate of drug-likeness (QED) is 0.591. The second-order valence-corrected chi connectivity index (χ2v) is 9.04. The number of rotatable bonds is 5. The van der Waals surface area contributed by atoms with Crippen LogP contribution < -0.4 is 4.90 Å². The summed E-state index contributed by atoms with van der Waals surface area (Å²) in [6.45, 7) is 2.28. The molecule has 0 radical (unpaired) electrons. The third kappa shape index (κ3) is 3.19. The van der Waals surface area contributed by atoms with Crippen molar-refractivity contribution >= 4 is 22.6 Å². The lowest BCUT2D eigenvalue weighted by molar-refractivity contribution is 0.249. The molecule has 3 atom stereocenters. The SMILES string of the molecule is CCC1CSC2=NC(c3ccccn3)C(c3cccn3-c3ccc(N(C)C)cc3)N21. The molecule has 1 fully saturated rings. The summed E-state index contributed by atoms with van der Waals surface area (Å²) in [6, 6.07) is 19.9. The summed E-state index contributed by atoms with van der Waals surface area (Å²) >= 11 is 1.89. The van der Waals surface area contributed by atoms with E-state index in [4.69, 9.17) is 4.99 Å². The van der Waals surface area contributed by atoms with E-state index in [-0.39, 0.29) is 12.1 Å². The van der Waals surface area contributed by atoms with E-state index in [1.165, 1.54) is 22.2 Å². The Bertz CT molecular complexity index is 1040. The Morgan fingerprint density at radius 1 is 1.07 bits per heavy atom. The molecule has 2 aliphatic rings. The number of benzene rings is 1. The summed E-state index contributed by atoms with van der Waals surface area (Å²) in [6.07, 6.45) is 5.16. The van der Waals surface area contributed by atoms with E-state index in [1.54, 1.807) is 0 Å². The van der Waals surface area contributed by atoms with Gasteiger partial charge in [-0.3, -0.25) is 9.98 Å². The number of aliphatic imine (C=N–C) groups is 1. The van der Waals surface area contributed by atoms with Crippen molar-refractivity contribution in [1.82, 2.24) is 14.5 Å². The van der Waals surface area contributed by atoms with Gasteiger partial charge in [0.2, 0.25) is 0 Å². The molecule has 4 heterocycles. The number of fused-ring (bicyclic) bond motifs is 1. The van der Waals surface area contributed by atoms with Gasteiger partial charge in [0.05, 0.1) is 5.69 Å². The minimum Gasteiger partial charge on any atom is -0.378 e. The van der Waals surface area contributed by atoms with Crippen molar-refractivity contribution in [3.05, 3.63) is 78.4 Å². The van der Waals surface area contributed by atoms with Crippen molar-refractivity contribution in [3.63, 3.8) is 0 Å². The van der Waals surface area contributed by atoms with Gasteiger partial charge >= 0.3 is 0 Å². The van der Waals surface area contributed by atoms with Gasteiger partial charge in [-0.25, -0.2) is 0 Å². The third-order valence-corrected chi connectivity index (χ3v) is 7.18. The van der Waals surface area contributed by atoms with Gasteiger partial charge in [-0.05, 0) is 55.0 Å². The average molecular weight is 418 g/mol. The number of pyridine rings is 1. The molecule has 3 unspecified atom stereocenters. The zero-order valence-corrected chi connectivity index (χ0v) is 18.5. The molecule has 0 N–H and O–H groups in total. The molecule has 0 aliphatic carbocycles. The number of aromatic nitrogens is 2. The molecular formula is C24H27N5S. The van der Waals surface area contributed by atoms with Crippen LogP contribution in [0.25, 0.3) is 5.69 Å². The van der Waals surface area contributed by atoms with E-state index in [1.807, 2.05) is 24.0 Å². The zero-order valence-electron chi connectivity index (χ0n) is 17.6. The molecule has 6 heteroatoms. The number of hydrogen-bond donors (Lipinski definition) is 0. The zero-order chi connectivity index (χ0) is 20.7. The second-order valence-electron chi connectivity index (χ2n) is 8.05. The van der Waals surface area contributed by atoms with E-state index in [0.717, 1.165) is 17.9 Å². The number of nitrogens with zero attached hydrogens (tertiary/aromatic N) is 5. The first kappa shape index (κ1) is 19.2. The van der Waals surface area contributed by atoms with E-state index in [9.17, 15) is 0 Å². The van der Waals surface area contributed by atoms with E-state index in [2.05, 4.69) is 95.1 Å². The molecule has 0 bridgehead atoms. The third-order valence-electron chi connectivity index (χ3n) is 6.06. The summed E-state index contributed by atoms with van der Waals surface area (Å²) in [5, 5.41) is 1.17. The van der Waals surface area contributed by atoms with Crippen LogP contribution in [0.4, 0.5) is 5.69 Å². The maximum absolute atomic E-state index is 5.15. The lowest BCUT2D eigenvalue weighted by atomic mass is 9.99. The number of anilines is 1. The summed E-state index contributed by atoms with van der Waals surface area (Å²) in [7, 11) is 4.14. The maximum Gasteiger partial charge on any atom is 0.160 e. The van der Waals surface area contributed by atoms with Crippen LogP contribution in [0.1, 0.15) is 36.8 Å². The Hall–Kier alpha value is -2.73. The molecule has 0 amide bonds. The normalized spacial score (nSPS) is 22.8. The predicted octanol–water partition coefficient (Wildman–Crippen LogP) is 4.92. The number of thioether (sulfide) groups is 1. The summed E-state index contributed by atoms with van der Waals surface area (Å²) in [4.78, 5) is 14.5. The Kier molecular flexibility index (Phi) is 5.03. The molecule has 2 aromatic heterocycles. The van der Waals surface area contributed by atoms with Crippen molar-refractivity contribution in [2.24, 2.45) is 4.99 Å². The van der Waals surface area contributed by atoms with Crippen molar-refractivity contribution in [3.8, 4) is 5.69 Å². The van der Waals surface area contributed by atoms with Gasteiger partial charge in [0.15, 0.2) is 5.17 Å². The summed E-state index contributed by atoms with van der Waals surface area (Å²) in [5.74, 6) is 1.11. The second kappa shape index (κ2) is 7.84. The molecular weight excluding hydrogens is 390 g/mol. The average Bonchev–Trinajstić information content (AvgIpc) is 3.49. The highest BCUT2D eigenvalue weighted by molar-refractivity contribution is 8.14. The molecule has 5 nitrogen and oxygen atoms in total. The Balaban J connectivity index is 1.58. The maximum atomic E-state index is 5.15. The van der Waals surface area contributed by atoms with Gasteiger partial charge in [0.25, 0.3) is 0 Å². The number of hydrogen-bond acceptors (Lipinski definition) is 5. The molecule has 0 spiro atoms. The minimum absolute atomic E-state index is 0.0118. The Morgan fingerprint density at radius 3 is 2.60 bits per heavy atom. The van der Waals surface area contributed by atoms with Crippen LogP contribution in [0.3, 0.4) is 0 Å². The van der Waals surface area contributed by atoms with Gasteiger partial charge in [0.1, 0.15) is 12.1 Å². The fourth-order valence-corrected chi connectivity index (χ4v) is 5.79. The van der Waals surface area contributed by atoms with Gasteiger partial charge in [-0.1, -0.05) is 24.8 Å². The number of amidine groups is 1. The summed E-state index contributed by atoms with van der Waals surface area (Å²) < 4.78 is 2.31. The van der Waals surface area contributed by atoms with Crippen molar-refractivity contribution in [2.75, 3.05) is 24.7 Å². The molecule has 3 aromatic rings. The van der Waals surface area contributed by atoms with Crippen LogP contribution in [0.5, 0.6) is 0 Å². The van der Waals surface area contributed by atoms with Gasteiger partial charge in [0, 0.05) is 55.4 Å². The van der Waals surface area contributed by atoms with Crippen molar-refractivity contribution in [2.45, 2.75) is 31.5 Å². The highest BCUT2D eigenvalue weighted by Crippen LogP contribution is 2.48. The fraction of sp³-hybridized carbons (Fsp3) is 0.333. The van der Waals surface area contributed by atoms with Gasteiger partial charge in [-0.2, -0.15) is 0 Å². The standard InChI is InChI=1S/C24H27N5S/c1-4-17-16-30-24-26-22(20-8-5-6-14-25-20)23(29(17)24)21-9-7-15-28(21)19-12-10-18(11-13-19)27(2)3/h5-15,17,22-23H,4,16H2,1-3H3. The van der Waals surface area contributed by atoms with Gasteiger partial charge < -0.3 is 14.4 Å². The van der Waals surface area contributed by atoms with Crippen molar-refractivity contribution < 1.29 is 0 Å². The first-order valence-corrected chi connectivity index (χ1v) is 11.5. The molecule has 2 aliphatic heterocycles. The van der Waals surface area contributed by atoms with Crippen LogP contribution >= 0.6 is 11.8 Å². The lowest BCUT2D eigenvalue weighted by Crippen LogP contribution is -2.36. The topological polar surface area (TPSA) is 36.7 Å². The van der Waals surface area contributed by atoms with Crippen molar-refractivity contribution in [1.29, 1.82) is 0 Å². The molecule has 154 valence electrons. The lowest BCUT2D eigenvalue weighted by Gasteiger charge is -2.32. The first-order valence-electron chi connectivity index (χ1n) is 10.5.